The minimum Gasteiger partial charge on any atom is -0.471 e. The highest BCUT2D eigenvalue weighted by Crippen LogP contribution is 2.21. The lowest BCUT2D eigenvalue weighted by molar-refractivity contribution is -0.126. The van der Waals surface area contributed by atoms with Crippen molar-refractivity contribution in [3.05, 3.63) is 107 Å². The maximum atomic E-state index is 14.8. The molecule has 2 amide bonds. The summed E-state index contributed by atoms with van der Waals surface area (Å²) in [7, 11) is -0.738. The highest BCUT2D eigenvalue weighted by Gasteiger charge is 2.28. The van der Waals surface area contributed by atoms with Crippen LogP contribution in [0.15, 0.2) is 77.3 Å². The number of amides is 2. The lowest BCUT2D eigenvalue weighted by Crippen LogP contribution is -2.42. The number of aromatic nitrogens is 1. The number of halogens is 2. The lowest BCUT2D eigenvalue weighted by Gasteiger charge is -2.21. The molecule has 4 rings (SSSR count). The molecule has 0 saturated heterocycles. The van der Waals surface area contributed by atoms with Gasteiger partial charge in [-0.3, -0.25) is 9.59 Å². The molecule has 42 heavy (non-hydrogen) atoms. The van der Waals surface area contributed by atoms with E-state index in [1.165, 1.54) is 6.07 Å². The Morgan fingerprint density at radius 3 is 2.19 bits per heavy atom. The van der Waals surface area contributed by atoms with Crippen LogP contribution in [0.4, 0.5) is 14.5 Å². The van der Waals surface area contributed by atoms with Crippen LogP contribution in [-0.2, 0) is 34.0 Å². The van der Waals surface area contributed by atoms with Crippen LogP contribution < -0.4 is 20.6 Å². The number of rotatable bonds is 12. The van der Waals surface area contributed by atoms with E-state index in [1.54, 1.807) is 31.4 Å². The summed E-state index contributed by atoms with van der Waals surface area (Å²) >= 11 is 0. The molecule has 0 saturated carbocycles. The third kappa shape index (κ3) is 8.11. The number of nitrogens with zero attached hydrogens (tertiary/aromatic N) is 1. The second-order valence-corrected chi connectivity index (χ2v) is 15.8. The average molecular weight is 594 g/mol. The van der Waals surface area contributed by atoms with E-state index in [9.17, 15) is 18.4 Å². The van der Waals surface area contributed by atoms with Crippen LogP contribution in [-0.4, -0.2) is 32.2 Å². The van der Waals surface area contributed by atoms with Crippen LogP contribution in [0.25, 0.3) is 0 Å². The molecule has 0 aliphatic rings. The summed E-state index contributed by atoms with van der Waals surface area (Å²) in [5.74, 6) is -2.19. The first-order valence-electron chi connectivity index (χ1n) is 13.3. The van der Waals surface area contributed by atoms with Crippen LogP contribution in [0.1, 0.15) is 28.5 Å². The molecule has 0 radical (unpaired) electrons. The molecular weight excluding hydrogens is 560 g/mol. The van der Waals surface area contributed by atoms with Gasteiger partial charge in [-0.15, -0.1) is 0 Å². The second-order valence-electron chi connectivity index (χ2n) is 10.8. The normalized spacial score (nSPS) is 12.0. The minimum absolute atomic E-state index is 0.0531. The Morgan fingerprint density at radius 1 is 0.929 bits per heavy atom. The first-order valence-corrected chi connectivity index (χ1v) is 16.8. The van der Waals surface area contributed by atoms with Crippen LogP contribution in [0.2, 0.25) is 19.6 Å². The van der Waals surface area contributed by atoms with Crippen molar-refractivity contribution in [1.82, 2.24) is 10.5 Å². The smallest absolute Gasteiger partial charge is 0.254 e. The molecule has 11 heteroatoms. The van der Waals surface area contributed by atoms with E-state index in [4.69, 9.17) is 14.0 Å². The number of hydrogen-bond acceptors (Lipinski definition) is 6. The highest BCUT2D eigenvalue weighted by atomic mass is 28.3. The fourth-order valence-corrected chi connectivity index (χ4v) is 5.97. The summed E-state index contributed by atoms with van der Waals surface area (Å²) in [6.07, 6.45) is -0.221. The summed E-state index contributed by atoms with van der Waals surface area (Å²) < 4.78 is 45.7. The van der Waals surface area contributed by atoms with Crippen molar-refractivity contribution in [2.75, 3.05) is 12.4 Å². The summed E-state index contributed by atoms with van der Waals surface area (Å²) in [5.41, 5.74) is 2.22. The number of carbonyl (C=O) groups excluding carboxylic acids is 2. The topological polar surface area (TPSA) is 103 Å². The van der Waals surface area contributed by atoms with Gasteiger partial charge in [0, 0.05) is 24.1 Å². The van der Waals surface area contributed by atoms with Gasteiger partial charge in [0.05, 0.1) is 21.1 Å². The molecule has 3 aromatic carbocycles. The average Bonchev–Trinajstić information content (AvgIpc) is 3.37. The molecule has 0 aliphatic carbocycles. The van der Waals surface area contributed by atoms with Crippen molar-refractivity contribution >= 4 is 30.8 Å². The van der Waals surface area contributed by atoms with Gasteiger partial charge in [0.15, 0.2) is 0 Å². The number of ether oxygens (including phenoxy) is 2. The lowest BCUT2D eigenvalue weighted by atomic mass is 10.0. The molecule has 4 aromatic rings. The molecule has 0 spiro atoms. The molecule has 1 atom stereocenters. The molecule has 1 heterocycles. The molecule has 220 valence electrons. The molecule has 0 bridgehead atoms. The molecule has 0 aliphatic heterocycles. The standard InChI is InChI=1S/C31H33F2N3O5Si/c1-39-18-21-10-12-22(13-11-21)29(31(38)34-23-14-25(32)30(26(33)15-23)42(2,3)4)35-27(37)16-24-17-28(36-41-24)40-19-20-8-6-5-7-9-20/h5-15,17,29H,16,18-19H2,1-4H3,(H,34,38)(H,35,37). The summed E-state index contributed by atoms with van der Waals surface area (Å²) in [6, 6.07) is 18.9. The third-order valence-corrected chi connectivity index (χ3v) is 8.33. The molecule has 1 unspecified atom stereocenters. The number of benzene rings is 3. The van der Waals surface area contributed by atoms with Crippen molar-refractivity contribution in [3.63, 3.8) is 0 Å². The van der Waals surface area contributed by atoms with Gasteiger partial charge >= 0.3 is 0 Å². The SMILES string of the molecule is COCc1ccc(C(NC(=O)Cc2cc(OCc3ccccc3)no2)C(=O)Nc2cc(F)c([Si](C)(C)C)c(F)c2)cc1. The van der Waals surface area contributed by atoms with Gasteiger partial charge in [-0.05, 0) is 34.0 Å². The number of methoxy groups -OCH3 is 1. The second kappa shape index (κ2) is 13.5. The molecule has 0 fully saturated rings. The van der Waals surface area contributed by atoms with Gasteiger partial charge in [0.2, 0.25) is 5.91 Å². The van der Waals surface area contributed by atoms with E-state index >= 15 is 0 Å². The zero-order chi connectivity index (χ0) is 30.3. The first kappa shape index (κ1) is 30.6. The Morgan fingerprint density at radius 2 is 1.57 bits per heavy atom. The zero-order valence-corrected chi connectivity index (χ0v) is 24.9. The van der Waals surface area contributed by atoms with Crippen molar-refractivity contribution in [2.45, 2.75) is 45.3 Å². The summed E-state index contributed by atoms with van der Waals surface area (Å²) in [6.45, 7) is 6.14. The maximum Gasteiger partial charge on any atom is 0.254 e. The number of anilines is 1. The van der Waals surface area contributed by atoms with E-state index in [2.05, 4.69) is 15.8 Å². The minimum atomic E-state index is -2.31. The number of hydrogen-bond donors (Lipinski definition) is 2. The maximum absolute atomic E-state index is 14.8. The Kier molecular flexibility index (Phi) is 9.86. The molecular formula is C31H33F2N3O5Si. The van der Waals surface area contributed by atoms with E-state index in [0.717, 1.165) is 23.3 Å². The summed E-state index contributed by atoms with van der Waals surface area (Å²) in [5, 5.41) is 9.14. The Labute approximate surface area is 244 Å². The Bertz CT molecular complexity index is 1500. The fraction of sp³-hybridized carbons (Fsp3) is 0.258. The molecule has 8 nitrogen and oxygen atoms in total. The predicted octanol–water partition coefficient (Wildman–Crippen LogP) is 5.26. The van der Waals surface area contributed by atoms with Crippen molar-refractivity contribution in [1.29, 1.82) is 0 Å². The van der Waals surface area contributed by atoms with Crippen LogP contribution in [0.5, 0.6) is 5.88 Å². The third-order valence-electron chi connectivity index (χ3n) is 6.35. The predicted molar refractivity (Wildman–Crippen MR) is 157 cm³/mol. The van der Waals surface area contributed by atoms with E-state index in [1.807, 2.05) is 50.0 Å². The monoisotopic (exact) mass is 593 g/mol. The van der Waals surface area contributed by atoms with E-state index < -0.39 is 37.6 Å². The fourth-order valence-electron chi connectivity index (χ4n) is 4.40. The van der Waals surface area contributed by atoms with Crippen molar-refractivity contribution in [2.24, 2.45) is 0 Å². The van der Waals surface area contributed by atoms with Gasteiger partial charge in [-0.25, -0.2) is 8.78 Å². The molecule has 2 N–H and O–H groups in total. The quantitative estimate of drug-likeness (QED) is 0.217. The van der Waals surface area contributed by atoms with Gasteiger partial charge in [-0.2, -0.15) is 0 Å². The van der Waals surface area contributed by atoms with Crippen molar-refractivity contribution < 1.29 is 32.4 Å². The van der Waals surface area contributed by atoms with Crippen LogP contribution in [0, 0.1) is 11.6 Å². The van der Waals surface area contributed by atoms with Crippen LogP contribution >= 0.6 is 0 Å². The van der Waals surface area contributed by atoms with E-state index in [0.29, 0.717) is 12.2 Å². The highest BCUT2D eigenvalue weighted by molar-refractivity contribution is 6.88. The Hall–Kier alpha value is -4.35. The Balaban J connectivity index is 1.49. The van der Waals surface area contributed by atoms with Crippen molar-refractivity contribution in [3.8, 4) is 5.88 Å². The van der Waals surface area contributed by atoms with Gasteiger partial charge in [-0.1, -0.05) is 74.2 Å². The van der Waals surface area contributed by atoms with E-state index in [-0.39, 0.29) is 35.5 Å². The number of carbonyl (C=O) groups is 2. The van der Waals surface area contributed by atoms with Crippen LogP contribution in [0.3, 0.4) is 0 Å². The zero-order valence-electron chi connectivity index (χ0n) is 23.9. The largest absolute Gasteiger partial charge is 0.471 e. The van der Waals surface area contributed by atoms with Gasteiger partial charge < -0.3 is 24.6 Å². The summed E-state index contributed by atoms with van der Waals surface area (Å²) in [4.78, 5) is 26.4. The van der Waals surface area contributed by atoms with Gasteiger partial charge in [0.1, 0.15) is 30.0 Å². The number of nitrogens with one attached hydrogen (secondary N) is 2. The van der Waals surface area contributed by atoms with Gasteiger partial charge in [0.25, 0.3) is 11.8 Å². The first-order chi connectivity index (χ1) is 20.0. The molecule has 1 aromatic heterocycles.